The molecule has 2 fully saturated rings. The van der Waals surface area contributed by atoms with Gasteiger partial charge in [-0.05, 0) is 36.7 Å². The fourth-order valence-corrected chi connectivity index (χ4v) is 4.71. The highest BCUT2D eigenvalue weighted by atomic mass is 16.5. The molecule has 5 nitrogen and oxygen atoms in total. The van der Waals surface area contributed by atoms with E-state index in [2.05, 4.69) is 40.1 Å². The van der Waals surface area contributed by atoms with Crippen LogP contribution in [-0.4, -0.2) is 54.5 Å². The summed E-state index contributed by atoms with van der Waals surface area (Å²) in [6.45, 7) is 5.58. The van der Waals surface area contributed by atoms with Crippen LogP contribution in [0.4, 0.5) is 0 Å². The van der Waals surface area contributed by atoms with Crippen LogP contribution in [0, 0.1) is 11.8 Å². The minimum Gasteiger partial charge on any atom is -0.469 e. The molecule has 2 heterocycles. The van der Waals surface area contributed by atoms with Gasteiger partial charge in [-0.2, -0.15) is 0 Å². The molecule has 26 heavy (non-hydrogen) atoms. The molecule has 2 aliphatic rings. The van der Waals surface area contributed by atoms with Crippen LogP contribution in [0.3, 0.4) is 0 Å². The first kappa shape index (κ1) is 18.9. The molecule has 0 N–H and O–H groups in total. The predicted molar refractivity (Wildman–Crippen MR) is 100 cm³/mol. The first-order valence-electron chi connectivity index (χ1n) is 9.67. The molecule has 1 aromatic rings. The van der Waals surface area contributed by atoms with Gasteiger partial charge >= 0.3 is 5.97 Å². The number of rotatable bonds is 6. The lowest BCUT2D eigenvalue weighted by molar-refractivity contribution is -0.141. The standard InChI is InChI=1S/C21H30N2O3/c1-16(24)23-14-18-11-19(20(23)9-6-10-21(25)26-2)15-22(13-18)12-17-7-4-3-5-8-17/h3-5,7-8,18-20H,6,9-15H2,1-2H3/t18-,19-,20-/m0/s1. The molecule has 0 radical (unpaired) electrons. The molecule has 0 aliphatic carbocycles. The number of carbonyl (C=O) groups is 2. The van der Waals surface area contributed by atoms with Crippen LogP contribution >= 0.6 is 0 Å². The third kappa shape index (κ3) is 4.64. The largest absolute Gasteiger partial charge is 0.469 e. The number of hydrogen-bond acceptors (Lipinski definition) is 4. The van der Waals surface area contributed by atoms with Gasteiger partial charge in [0.15, 0.2) is 0 Å². The van der Waals surface area contributed by atoms with E-state index >= 15 is 0 Å². The Balaban J connectivity index is 1.64. The van der Waals surface area contributed by atoms with Gasteiger partial charge in [0.2, 0.25) is 5.91 Å². The Bertz CT molecular complexity index is 619. The molecule has 3 atom stereocenters. The number of likely N-dealkylation sites (tertiary alicyclic amines) is 2. The van der Waals surface area contributed by atoms with E-state index in [0.717, 1.165) is 39.0 Å². The number of ether oxygens (including phenoxy) is 1. The maximum atomic E-state index is 12.2. The van der Waals surface area contributed by atoms with Crippen LogP contribution in [0.2, 0.25) is 0 Å². The Labute approximate surface area is 156 Å². The summed E-state index contributed by atoms with van der Waals surface area (Å²) in [7, 11) is 1.43. The quantitative estimate of drug-likeness (QED) is 0.734. The van der Waals surface area contributed by atoms with E-state index in [1.165, 1.54) is 19.1 Å². The number of benzene rings is 1. The first-order valence-corrected chi connectivity index (χ1v) is 9.67. The number of piperidine rings is 2. The highest BCUT2D eigenvalue weighted by Gasteiger charge is 2.41. The second kappa shape index (κ2) is 8.67. The van der Waals surface area contributed by atoms with Crippen molar-refractivity contribution in [2.45, 2.75) is 45.2 Å². The first-order chi connectivity index (χ1) is 12.6. The number of amides is 1. The highest BCUT2D eigenvalue weighted by Crippen LogP contribution is 2.36. The average Bonchev–Trinajstić information content (AvgIpc) is 2.63. The van der Waals surface area contributed by atoms with Crippen molar-refractivity contribution in [2.24, 2.45) is 11.8 Å². The van der Waals surface area contributed by atoms with Gasteiger partial charge in [0.25, 0.3) is 0 Å². The Morgan fingerprint density at radius 3 is 2.62 bits per heavy atom. The van der Waals surface area contributed by atoms with E-state index < -0.39 is 0 Å². The van der Waals surface area contributed by atoms with Crippen LogP contribution in [0.15, 0.2) is 30.3 Å². The number of esters is 1. The summed E-state index contributed by atoms with van der Waals surface area (Å²) in [5.74, 6) is 1.05. The van der Waals surface area contributed by atoms with Gasteiger partial charge in [0.1, 0.15) is 0 Å². The van der Waals surface area contributed by atoms with Gasteiger partial charge < -0.3 is 9.64 Å². The fraction of sp³-hybridized carbons (Fsp3) is 0.619. The molecule has 1 aromatic carbocycles. The van der Waals surface area contributed by atoms with E-state index in [4.69, 9.17) is 4.74 Å². The Hall–Kier alpha value is -1.88. The summed E-state index contributed by atoms with van der Waals surface area (Å²) < 4.78 is 4.75. The molecule has 0 unspecified atom stereocenters. The van der Waals surface area contributed by atoms with Gasteiger partial charge in [-0.3, -0.25) is 14.5 Å². The van der Waals surface area contributed by atoms with E-state index in [9.17, 15) is 9.59 Å². The minimum atomic E-state index is -0.164. The van der Waals surface area contributed by atoms with Crippen LogP contribution in [-0.2, 0) is 20.9 Å². The minimum absolute atomic E-state index is 0.164. The van der Waals surface area contributed by atoms with Gasteiger partial charge in [-0.1, -0.05) is 30.3 Å². The highest BCUT2D eigenvalue weighted by molar-refractivity contribution is 5.74. The SMILES string of the molecule is COC(=O)CCC[C@H]1[C@H]2C[C@@H](CN(Cc3ccccc3)C2)CN1C(C)=O. The van der Waals surface area contributed by atoms with Crippen molar-refractivity contribution >= 4 is 11.9 Å². The normalized spacial score (nSPS) is 25.8. The predicted octanol–water partition coefficient (Wildman–Crippen LogP) is 2.70. The molecule has 3 rings (SSSR count). The molecular weight excluding hydrogens is 328 g/mol. The molecular formula is C21H30N2O3. The van der Waals surface area contributed by atoms with Crippen molar-refractivity contribution in [3.63, 3.8) is 0 Å². The molecule has 2 saturated heterocycles. The van der Waals surface area contributed by atoms with Crippen molar-refractivity contribution in [1.29, 1.82) is 0 Å². The monoisotopic (exact) mass is 358 g/mol. The third-order valence-corrected chi connectivity index (χ3v) is 5.81. The molecule has 2 bridgehead atoms. The van der Waals surface area contributed by atoms with E-state index in [1.54, 1.807) is 6.92 Å². The Morgan fingerprint density at radius 2 is 1.92 bits per heavy atom. The van der Waals surface area contributed by atoms with Gasteiger partial charge in [-0.25, -0.2) is 0 Å². The summed E-state index contributed by atoms with van der Waals surface area (Å²) in [5.41, 5.74) is 1.35. The van der Waals surface area contributed by atoms with E-state index in [0.29, 0.717) is 18.3 Å². The molecule has 5 heteroatoms. The van der Waals surface area contributed by atoms with Crippen molar-refractivity contribution < 1.29 is 14.3 Å². The van der Waals surface area contributed by atoms with Crippen LogP contribution in [0.5, 0.6) is 0 Å². The Morgan fingerprint density at radius 1 is 1.15 bits per heavy atom. The van der Waals surface area contributed by atoms with Crippen LogP contribution in [0.1, 0.15) is 38.2 Å². The topological polar surface area (TPSA) is 49.9 Å². The van der Waals surface area contributed by atoms with Gasteiger partial charge in [0, 0.05) is 45.6 Å². The maximum Gasteiger partial charge on any atom is 0.305 e. The number of methoxy groups -OCH3 is 1. The smallest absolute Gasteiger partial charge is 0.305 e. The second-order valence-electron chi connectivity index (χ2n) is 7.75. The molecule has 0 spiro atoms. The van der Waals surface area contributed by atoms with Crippen molar-refractivity contribution in [2.75, 3.05) is 26.7 Å². The molecule has 2 aliphatic heterocycles. The molecule has 0 aromatic heterocycles. The fourth-order valence-electron chi connectivity index (χ4n) is 4.71. The lowest BCUT2D eigenvalue weighted by atomic mass is 9.77. The van der Waals surface area contributed by atoms with Gasteiger partial charge in [0.05, 0.1) is 7.11 Å². The lowest BCUT2D eigenvalue weighted by Gasteiger charge is -2.50. The van der Waals surface area contributed by atoms with Crippen molar-refractivity contribution in [3.05, 3.63) is 35.9 Å². The van der Waals surface area contributed by atoms with E-state index in [1.807, 2.05) is 0 Å². The zero-order valence-corrected chi connectivity index (χ0v) is 15.9. The number of hydrogen-bond donors (Lipinski definition) is 0. The summed E-state index contributed by atoms with van der Waals surface area (Å²) >= 11 is 0. The number of nitrogens with zero attached hydrogens (tertiary/aromatic N) is 2. The zero-order valence-electron chi connectivity index (χ0n) is 15.9. The molecule has 142 valence electrons. The van der Waals surface area contributed by atoms with Gasteiger partial charge in [-0.15, -0.1) is 0 Å². The number of fused-ring (bicyclic) bond motifs is 2. The Kier molecular flexibility index (Phi) is 6.30. The van der Waals surface area contributed by atoms with Crippen LogP contribution in [0.25, 0.3) is 0 Å². The van der Waals surface area contributed by atoms with E-state index in [-0.39, 0.29) is 17.9 Å². The summed E-state index contributed by atoms with van der Waals surface area (Å²) in [6, 6.07) is 10.8. The molecule has 1 amide bonds. The maximum absolute atomic E-state index is 12.2. The second-order valence-corrected chi connectivity index (χ2v) is 7.75. The third-order valence-electron chi connectivity index (χ3n) is 5.81. The molecule has 0 saturated carbocycles. The van der Waals surface area contributed by atoms with Crippen LogP contribution < -0.4 is 0 Å². The average molecular weight is 358 g/mol. The summed E-state index contributed by atoms with van der Waals surface area (Å²) in [6.07, 6.45) is 3.28. The van der Waals surface area contributed by atoms with Crippen molar-refractivity contribution in [3.8, 4) is 0 Å². The van der Waals surface area contributed by atoms with Crippen molar-refractivity contribution in [1.82, 2.24) is 9.80 Å². The number of carbonyl (C=O) groups excluding carboxylic acids is 2. The summed E-state index contributed by atoms with van der Waals surface area (Å²) in [5, 5.41) is 0. The lowest BCUT2D eigenvalue weighted by Crippen LogP contribution is -2.58. The summed E-state index contributed by atoms with van der Waals surface area (Å²) in [4.78, 5) is 28.2. The zero-order chi connectivity index (χ0) is 18.5.